The number of halogens is 1. The SMILES string of the molecule is CN1CCn2cc(C3=C(c4cnc5ccccn45)C(=O)NC3=O)c3cc(F)cc(c32)C1.O=CN1CCC(CO)CC1. The molecule has 2 N–H and O–H groups in total. The molecule has 4 aromatic rings. The standard InChI is InChI=1S/C23H18FN5O2.C7H13NO2/c1-27-6-7-28-12-16(15-9-14(24)8-13(11-27)21(15)28)19-20(23(31)26-22(19)30)17-10-25-18-4-2-3-5-29(17)18;9-5-7-1-3-8(6-10)4-2-7/h2-5,8-10,12H,6-7,11H2,1H3,(H,26,30,31);6-7,9H,1-5H2. The summed E-state index contributed by atoms with van der Waals surface area (Å²) in [6.45, 7) is 4.02. The van der Waals surface area contributed by atoms with E-state index in [9.17, 15) is 18.8 Å². The Kier molecular flexibility index (Phi) is 7.14. The van der Waals surface area contributed by atoms with Crippen molar-refractivity contribution < 1.29 is 23.9 Å². The molecule has 3 amide bonds. The number of imidazole rings is 1. The first-order valence-corrected chi connectivity index (χ1v) is 13.7. The van der Waals surface area contributed by atoms with Crippen molar-refractivity contribution >= 4 is 45.9 Å². The molecule has 0 unspecified atom stereocenters. The average Bonchev–Trinajstić information content (AvgIpc) is 3.61. The summed E-state index contributed by atoms with van der Waals surface area (Å²) in [7, 11) is 2.00. The molecule has 1 aromatic carbocycles. The first-order chi connectivity index (χ1) is 19.9. The number of carbonyl (C=O) groups is 3. The normalized spacial score (nSPS) is 18.1. The van der Waals surface area contributed by atoms with Gasteiger partial charge in [-0.25, -0.2) is 9.37 Å². The van der Waals surface area contributed by atoms with Crippen LogP contribution in [0.3, 0.4) is 0 Å². The number of piperidine rings is 1. The highest BCUT2D eigenvalue weighted by molar-refractivity contribution is 6.49. The number of likely N-dealkylation sites (tertiary alicyclic amines) is 1. The third-order valence-corrected chi connectivity index (χ3v) is 8.11. The van der Waals surface area contributed by atoms with Crippen molar-refractivity contribution in [1.29, 1.82) is 0 Å². The molecule has 0 bridgehead atoms. The van der Waals surface area contributed by atoms with Crippen LogP contribution in [0.5, 0.6) is 0 Å². The quantitative estimate of drug-likeness (QED) is 0.294. The van der Waals surface area contributed by atoms with Crippen LogP contribution in [0.4, 0.5) is 4.39 Å². The minimum Gasteiger partial charge on any atom is -0.396 e. The first-order valence-electron chi connectivity index (χ1n) is 13.7. The number of aliphatic hydroxyl groups excluding tert-OH is 1. The van der Waals surface area contributed by atoms with E-state index in [0.717, 1.165) is 50.0 Å². The average molecular weight is 559 g/mol. The Morgan fingerprint density at radius 2 is 1.88 bits per heavy atom. The summed E-state index contributed by atoms with van der Waals surface area (Å²) < 4.78 is 18.4. The van der Waals surface area contributed by atoms with E-state index in [4.69, 9.17) is 5.11 Å². The van der Waals surface area contributed by atoms with Crippen LogP contribution < -0.4 is 5.32 Å². The van der Waals surface area contributed by atoms with Gasteiger partial charge in [-0.1, -0.05) is 6.07 Å². The van der Waals surface area contributed by atoms with Gasteiger partial charge in [-0.3, -0.25) is 24.1 Å². The maximum Gasteiger partial charge on any atom is 0.261 e. The molecule has 3 aliphatic heterocycles. The predicted molar refractivity (Wildman–Crippen MR) is 151 cm³/mol. The number of amides is 3. The molecule has 11 heteroatoms. The minimum atomic E-state index is -0.482. The Morgan fingerprint density at radius 1 is 1.10 bits per heavy atom. The van der Waals surface area contributed by atoms with Crippen molar-refractivity contribution in [3.63, 3.8) is 0 Å². The summed E-state index contributed by atoms with van der Waals surface area (Å²) in [6.07, 6.45) is 8.04. The van der Waals surface area contributed by atoms with Gasteiger partial charge in [0.15, 0.2) is 0 Å². The van der Waals surface area contributed by atoms with Gasteiger partial charge in [-0.2, -0.15) is 0 Å². The molecular formula is C30H31FN6O4. The maximum atomic E-state index is 14.6. The van der Waals surface area contributed by atoms with E-state index in [0.29, 0.717) is 41.3 Å². The minimum absolute atomic E-state index is 0.253. The van der Waals surface area contributed by atoms with Crippen LogP contribution in [0.2, 0.25) is 0 Å². The summed E-state index contributed by atoms with van der Waals surface area (Å²) in [4.78, 5) is 44.3. The molecule has 212 valence electrons. The van der Waals surface area contributed by atoms with Crippen LogP contribution >= 0.6 is 0 Å². The number of carbonyl (C=O) groups excluding carboxylic acids is 3. The zero-order chi connectivity index (χ0) is 28.7. The Hall–Kier alpha value is -4.35. The summed E-state index contributed by atoms with van der Waals surface area (Å²) in [5, 5.41) is 11.8. The summed E-state index contributed by atoms with van der Waals surface area (Å²) in [6, 6.07) is 8.52. The third-order valence-electron chi connectivity index (χ3n) is 8.11. The number of pyridine rings is 1. The lowest BCUT2D eigenvalue weighted by atomic mass is 9.98. The second-order valence-corrected chi connectivity index (χ2v) is 10.8. The van der Waals surface area contributed by atoms with E-state index in [-0.39, 0.29) is 23.6 Å². The molecular weight excluding hydrogens is 527 g/mol. The second-order valence-electron chi connectivity index (χ2n) is 10.8. The van der Waals surface area contributed by atoms with Crippen molar-refractivity contribution in [2.75, 3.05) is 33.3 Å². The van der Waals surface area contributed by atoms with Gasteiger partial charge in [0.1, 0.15) is 11.5 Å². The first kappa shape index (κ1) is 26.9. The van der Waals surface area contributed by atoms with Gasteiger partial charge in [0.2, 0.25) is 6.41 Å². The lowest BCUT2D eigenvalue weighted by Gasteiger charge is -2.27. The summed E-state index contributed by atoms with van der Waals surface area (Å²) in [5.74, 6) is -0.894. The lowest BCUT2D eigenvalue weighted by Crippen LogP contribution is -2.33. The zero-order valence-corrected chi connectivity index (χ0v) is 22.7. The molecule has 41 heavy (non-hydrogen) atoms. The van der Waals surface area contributed by atoms with Crippen LogP contribution in [0.1, 0.15) is 29.7 Å². The molecule has 0 saturated carbocycles. The van der Waals surface area contributed by atoms with Crippen LogP contribution in [-0.4, -0.2) is 80.4 Å². The Bertz CT molecular complexity index is 1700. The van der Waals surface area contributed by atoms with E-state index in [1.54, 1.807) is 27.8 Å². The lowest BCUT2D eigenvalue weighted by molar-refractivity contribution is -0.123. The van der Waals surface area contributed by atoms with Gasteiger partial charge in [0, 0.05) is 62.7 Å². The molecule has 0 radical (unpaired) electrons. The largest absolute Gasteiger partial charge is 0.396 e. The fraction of sp³-hybridized carbons (Fsp3) is 0.333. The molecule has 3 aliphatic rings. The van der Waals surface area contributed by atoms with Crippen molar-refractivity contribution in [3.05, 3.63) is 71.6 Å². The smallest absolute Gasteiger partial charge is 0.261 e. The van der Waals surface area contributed by atoms with E-state index in [1.807, 2.05) is 31.4 Å². The Labute approximate surface area is 235 Å². The monoisotopic (exact) mass is 558 g/mol. The number of aliphatic hydroxyl groups is 1. The Balaban J connectivity index is 0.000000258. The predicted octanol–water partition coefficient (Wildman–Crippen LogP) is 2.29. The van der Waals surface area contributed by atoms with Crippen molar-refractivity contribution in [2.45, 2.75) is 25.9 Å². The van der Waals surface area contributed by atoms with E-state index < -0.39 is 11.8 Å². The number of aromatic nitrogens is 3. The van der Waals surface area contributed by atoms with Gasteiger partial charge in [0.25, 0.3) is 11.8 Å². The van der Waals surface area contributed by atoms with Crippen molar-refractivity contribution in [3.8, 4) is 0 Å². The fourth-order valence-electron chi connectivity index (χ4n) is 5.95. The molecule has 3 aromatic heterocycles. The number of rotatable bonds is 4. The number of nitrogens with zero attached hydrogens (tertiary/aromatic N) is 5. The zero-order valence-electron chi connectivity index (χ0n) is 22.7. The topological polar surface area (TPSA) is 112 Å². The Morgan fingerprint density at radius 3 is 2.63 bits per heavy atom. The van der Waals surface area contributed by atoms with Crippen molar-refractivity contribution in [1.82, 2.24) is 29.1 Å². The molecule has 7 rings (SSSR count). The number of nitrogens with one attached hydrogen (secondary N) is 1. The number of likely N-dealkylation sites (N-methyl/N-ethyl adjacent to an activating group) is 1. The van der Waals surface area contributed by atoms with Gasteiger partial charge in [0.05, 0.1) is 28.6 Å². The summed E-state index contributed by atoms with van der Waals surface area (Å²) in [5.41, 5.74) is 4.03. The van der Waals surface area contributed by atoms with Crippen LogP contribution in [0.15, 0.2) is 48.9 Å². The molecule has 1 fully saturated rings. The number of benzene rings is 1. The second kappa shape index (κ2) is 10.9. The van der Waals surface area contributed by atoms with Gasteiger partial charge in [-0.15, -0.1) is 0 Å². The number of hydrogen-bond donors (Lipinski definition) is 2. The van der Waals surface area contributed by atoms with E-state index >= 15 is 0 Å². The van der Waals surface area contributed by atoms with Gasteiger partial charge >= 0.3 is 0 Å². The van der Waals surface area contributed by atoms with Gasteiger partial charge in [-0.05, 0) is 55.6 Å². The summed E-state index contributed by atoms with van der Waals surface area (Å²) >= 11 is 0. The number of fused-ring (bicyclic) bond motifs is 1. The van der Waals surface area contributed by atoms with Crippen molar-refractivity contribution in [2.24, 2.45) is 5.92 Å². The van der Waals surface area contributed by atoms with Crippen LogP contribution in [0, 0.1) is 11.7 Å². The fourth-order valence-corrected chi connectivity index (χ4v) is 5.95. The van der Waals surface area contributed by atoms with Crippen LogP contribution in [-0.2, 0) is 27.5 Å². The molecule has 10 nitrogen and oxygen atoms in total. The van der Waals surface area contributed by atoms with E-state index in [2.05, 4.69) is 19.8 Å². The van der Waals surface area contributed by atoms with Gasteiger partial charge < -0.3 is 19.5 Å². The molecule has 0 aliphatic carbocycles. The molecule has 0 atom stereocenters. The highest BCUT2D eigenvalue weighted by Gasteiger charge is 2.36. The number of hydrogen-bond acceptors (Lipinski definition) is 6. The highest BCUT2D eigenvalue weighted by atomic mass is 19.1. The molecule has 1 saturated heterocycles. The molecule has 0 spiro atoms. The number of imide groups is 1. The van der Waals surface area contributed by atoms with Crippen LogP contribution in [0.25, 0.3) is 27.7 Å². The third kappa shape index (κ3) is 4.91. The molecule has 6 heterocycles. The maximum absolute atomic E-state index is 14.6. The highest BCUT2D eigenvalue weighted by Crippen LogP contribution is 2.38. The van der Waals surface area contributed by atoms with E-state index in [1.165, 1.54) is 6.07 Å².